The van der Waals surface area contributed by atoms with E-state index in [1.54, 1.807) is 17.7 Å². The predicted octanol–water partition coefficient (Wildman–Crippen LogP) is 4.71. The molecule has 1 saturated carbocycles. The van der Waals surface area contributed by atoms with Gasteiger partial charge in [-0.15, -0.1) is 11.3 Å². The van der Waals surface area contributed by atoms with E-state index in [4.69, 9.17) is 0 Å². The summed E-state index contributed by atoms with van der Waals surface area (Å²) in [5.74, 6) is 2.46. The van der Waals surface area contributed by atoms with Gasteiger partial charge in [0.15, 0.2) is 0 Å². The molecule has 3 aliphatic rings. The maximum atomic E-state index is 13.4. The highest BCUT2D eigenvalue weighted by molar-refractivity contribution is 7.18. The first-order valence-electron chi connectivity index (χ1n) is 11.4. The van der Waals surface area contributed by atoms with E-state index in [-0.39, 0.29) is 5.92 Å². The molecule has 4 heterocycles. The summed E-state index contributed by atoms with van der Waals surface area (Å²) >= 11 is 1.75. The third kappa shape index (κ3) is 3.43. The van der Waals surface area contributed by atoms with E-state index in [1.807, 2.05) is 0 Å². The number of piperidine rings is 2. The van der Waals surface area contributed by atoms with Gasteiger partial charge in [-0.2, -0.15) is 0 Å². The summed E-state index contributed by atoms with van der Waals surface area (Å²) < 4.78 is 0. The monoisotopic (exact) mass is 412 g/mol. The van der Waals surface area contributed by atoms with Crippen LogP contribution in [0.5, 0.6) is 0 Å². The first-order chi connectivity index (χ1) is 14.1. The van der Waals surface area contributed by atoms with Gasteiger partial charge in [0.1, 0.15) is 17.0 Å². The first kappa shape index (κ1) is 19.3. The molecular formula is C23H32N4OS. The lowest BCUT2D eigenvalue weighted by atomic mass is 9.77. The van der Waals surface area contributed by atoms with Crippen molar-refractivity contribution in [2.75, 3.05) is 24.5 Å². The molecule has 5 nitrogen and oxygen atoms in total. The van der Waals surface area contributed by atoms with Crippen molar-refractivity contribution in [1.29, 1.82) is 0 Å². The minimum absolute atomic E-state index is 0.189. The van der Waals surface area contributed by atoms with Gasteiger partial charge >= 0.3 is 0 Å². The van der Waals surface area contributed by atoms with Crippen molar-refractivity contribution in [3.8, 4) is 0 Å². The number of aryl methyl sites for hydroxylation is 2. The molecule has 2 aromatic heterocycles. The standard InChI is InChI=1S/C23H32N4OS/c1-15-16(2)29-22-20(15)21(24-14-25-22)26-12-9-18(10-13-26)23(28)27-11-5-7-17-6-3-4-8-19(17)27/h14,17-19H,3-13H2,1-2H3. The van der Waals surface area contributed by atoms with Crippen LogP contribution >= 0.6 is 11.3 Å². The first-order valence-corrected chi connectivity index (χ1v) is 12.2. The van der Waals surface area contributed by atoms with Gasteiger partial charge in [0, 0.05) is 36.5 Å². The number of thiophene rings is 1. The van der Waals surface area contributed by atoms with Crippen LogP contribution in [0.1, 0.15) is 61.8 Å². The topological polar surface area (TPSA) is 49.3 Å². The van der Waals surface area contributed by atoms with Crippen molar-refractivity contribution in [3.63, 3.8) is 0 Å². The van der Waals surface area contributed by atoms with Crippen LogP contribution in [0.2, 0.25) is 0 Å². The summed E-state index contributed by atoms with van der Waals surface area (Å²) in [5, 5.41) is 1.21. The van der Waals surface area contributed by atoms with Crippen LogP contribution in [-0.4, -0.2) is 46.5 Å². The van der Waals surface area contributed by atoms with Crippen LogP contribution in [0.15, 0.2) is 6.33 Å². The number of rotatable bonds is 2. The van der Waals surface area contributed by atoms with Crippen molar-refractivity contribution >= 4 is 33.3 Å². The molecule has 2 saturated heterocycles. The summed E-state index contributed by atoms with van der Waals surface area (Å²) in [5.41, 5.74) is 1.30. The fourth-order valence-electron chi connectivity index (χ4n) is 5.87. The molecule has 5 rings (SSSR count). The SMILES string of the molecule is Cc1sc2ncnc(N3CCC(C(=O)N4CCCC5CCCCC54)CC3)c2c1C. The van der Waals surface area contributed by atoms with Crippen molar-refractivity contribution in [1.82, 2.24) is 14.9 Å². The van der Waals surface area contributed by atoms with E-state index in [1.165, 1.54) is 54.4 Å². The van der Waals surface area contributed by atoms with Crippen LogP contribution in [0, 0.1) is 25.7 Å². The van der Waals surface area contributed by atoms with Gasteiger partial charge in [-0.3, -0.25) is 4.79 Å². The summed E-state index contributed by atoms with van der Waals surface area (Å²) in [7, 11) is 0. The summed E-state index contributed by atoms with van der Waals surface area (Å²) in [6.07, 6.45) is 11.3. The number of hydrogen-bond donors (Lipinski definition) is 0. The van der Waals surface area contributed by atoms with Gasteiger partial charge in [0.25, 0.3) is 0 Å². The largest absolute Gasteiger partial charge is 0.356 e. The molecule has 29 heavy (non-hydrogen) atoms. The second-order valence-corrected chi connectivity index (χ2v) is 10.4. The van der Waals surface area contributed by atoms with Gasteiger partial charge in [0.2, 0.25) is 5.91 Å². The molecule has 0 spiro atoms. The Morgan fingerprint density at radius 3 is 2.59 bits per heavy atom. The van der Waals surface area contributed by atoms with Crippen LogP contribution in [-0.2, 0) is 4.79 Å². The molecule has 2 atom stereocenters. The predicted molar refractivity (Wildman–Crippen MR) is 119 cm³/mol. The number of anilines is 1. The van der Waals surface area contributed by atoms with E-state index in [0.29, 0.717) is 11.9 Å². The Hall–Kier alpha value is -1.69. The van der Waals surface area contributed by atoms with Crippen LogP contribution in [0.3, 0.4) is 0 Å². The van der Waals surface area contributed by atoms with Gasteiger partial charge in [-0.25, -0.2) is 9.97 Å². The quantitative estimate of drug-likeness (QED) is 0.717. The summed E-state index contributed by atoms with van der Waals surface area (Å²) in [4.78, 5) is 29.6. The van der Waals surface area contributed by atoms with E-state index in [9.17, 15) is 4.79 Å². The molecule has 3 fully saturated rings. The second kappa shape index (κ2) is 7.86. The molecular weight excluding hydrogens is 380 g/mol. The highest BCUT2D eigenvalue weighted by Crippen LogP contribution is 2.38. The summed E-state index contributed by atoms with van der Waals surface area (Å²) in [6, 6.07) is 0.529. The molecule has 6 heteroatoms. The molecule has 0 bridgehead atoms. The highest BCUT2D eigenvalue weighted by atomic mass is 32.1. The minimum Gasteiger partial charge on any atom is -0.356 e. The van der Waals surface area contributed by atoms with Crippen LogP contribution in [0.25, 0.3) is 10.2 Å². The van der Waals surface area contributed by atoms with Gasteiger partial charge in [-0.1, -0.05) is 12.8 Å². The average Bonchev–Trinajstić information content (AvgIpc) is 3.07. The zero-order chi connectivity index (χ0) is 20.0. The number of carbonyl (C=O) groups is 1. The molecule has 1 aliphatic carbocycles. The van der Waals surface area contributed by atoms with Crippen molar-refractivity contribution in [2.24, 2.45) is 11.8 Å². The number of fused-ring (bicyclic) bond motifs is 2. The van der Waals surface area contributed by atoms with Gasteiger partial charge < -0.3 is 9.80 Å². The highest BCUT2D eigenvalue weighted by Gasteiger charge is 2.39. The lowest BCUT2D eigenvalue weighted by molar-refractivity contribution is -0.142. The minimum atomic E-state index is 0.189. The summed E-state index contributed by atoms with van der Waals surface area (Å²) in [6.45, 7) is 7.15. The third-order valence-electron chi connectivity index (χ3n) is 7.62. The van der Waals surface area contributed by atoms with Crippen molar-refractivity contribution in [2.45, 2.75) is 71.3 Å². The van der Waals surface area contributed by atoms with Crippen molar-refractivity contribution < 1.29 is 4.79 Å². The van der Waals surface area contributed by atoms with Gasteiger partial charge in [-0.05, 0) is 63.9 Å². The normalized spacial score (nSPS) is 26.0. The number of likely N-dealkylation sites (tertiary alicyclic amines) is 1. The fourth-order valence-corrected chi connectivity index (χ4v) is 6.87. The lowest BCUT2D eigenvalue weighted by Crippen LogP contribution is -2.52. The Balaban J connectivity index is 1.29. The molecule has 2 aliphatic heterocycles. The molecule has 156 valence electrons. The molecule has 2 aromatic rings. The smallest absolute Gasteiger partial charge is 0.226 e. The van der Waals surface area contributed by atoms with Crippen molar-refractivity contribution in [3.05, 3.63) is 16.8 Å². The number of amides is 1. The Morgan fingerprint density at radius 1 is 1.00 bits per heavy atom. The lowest BCUT2D eigenvalue weighted by Gasteiger charge is -2.46. The maximum Gasteiger partial charge on any atom is 0.226 e. The second-order valence-electron chi connectivity index (χ2n) is 9.21. The Bertz CT molecular complexity index is 900. The number of carbonyl (C=O) groups excluding carboxylic acids is 1. The van der Waals surface area contributed by atoms with E-state index in [2.05, 4.69) is 33.6 Å². The number of nitrogens with zero attached hydrogens (tertiary/aromatic N) is 4. The zero-order valence-electron chi connectivity index (χ0n) is 17.7. The Kier molecular flexibility index (Phi) is 5.23. The number of aromatic nitrogens is 2. The van der Waals surface area contributed by atoms with Gasteiger partial charge in [0.05, 0.1) is 5.39 Å². The fraction of sp³-hybridized carbons (Fsp3) is 0.696. The molecule has 2 unspecified atom stereocenters. The Labute approximate surface area is 177 Å². The molecule has 1 amide bonds. The molecule has 0 aromatic carbocycles. The van der Waals surface area contributed by atoms with Crippen LogP contribution < -0.4 is 4.90 Å². The van der Waals surface area contributed by atoms with E-state index in [0.717, 1.165) is 49.0 Å². The van der Waals surface area contributed by atoms with Crippen LogP contribution in [0.4, 0.5) is 5.82 Å². The number of hydrogen-bond acceptors (Lipinski definition) is 5. The molecule has 0 radical (unpaired) electrons. The third-order valence-corrected chi connectivity index (χ3v) is 8.73. The molecule has 0 N–H and O–H groups in total. The van der Waals surface area contributed by atoms with E-state index < -0.39 is 0 Å². The van der Waals surface area contributed by atoms with E-state index >= 15 is 0 Å². The maximum absolute atomic E-state index is 13.4. The average molecular weight is 413 g/mol. The zero-order valence-corrected chi connectivity index (χ0v) is 18.5. The Morgan fingerprint density at radius 2 is 1.76 bits per heavy atom.